The Balaban J connectivity index is 1.41. The van der Waals surface area contributed by atoms with E-state index in [0.29, 0.717) is 25.3 Å². The topological polar surface area (TPSA) is 65.5 Å². The number of nitrogens with one attached hydrogen (secondary N) is 1. The van der Waals surface area contributed by atoms with Gasteiger partial charge in [0.15, 0.2) is 0 Å². The van der Waals surface area contributed by atoms with Gasteiger partial charge in [0.2, 0.25) is 5.91 Å². The third-order valence-corrected chi connectivity index (χ3v) is 6.53. The molecule has 0 atom stereocenters. The number of allylic oxidation sites excluding steroid dienone is 1. The molecule has 6 nitrogen and oxygen atoms in total. The van der Waals surface area contributed by atoms with Crippen LogP contribution in [0.3, 0.4) is 0 Å². The Morgan fingerprint density at radius 1 is 1.16 bits per heavy atom. The van der Waals surface area contributed by atoms with Gasteiger partial charge in [0.1, 0.15) is 5.69 Å². The molecule has 0 spiro atoms. The summed E-state index contributed by atoms with van der Waals surface area (Å²) in [5.74, 6) is 7.41. The summed E-state index contributed by atoms with van der Waals surface area (Å²) >= 11 is 0. The number of pyridine rings is 1. The van der Waals surface area contributed by atoms with Crippen molar-refractivity contribution in [2.75, 3.05) is 32.7 Å². The van der Waals surface area contributed by atoms with Crippen molar-refractivity contribution in [1.82, 2.24) is 20.1 Å². The molecule has 1 aromatic heterocycles. The van der Waals surface area contributed by atoms with Gasteiger partial charge in [-0.2, -0.15) is 0 Å². The maximum absolute atomic E-state index is 12.7. The van der Waals surface area contributed by atoms with E-state index in [9.17, 15) is 9.59 Å². The second kappa shape index (κ2) is 11.3. The van der Waals surface area contributed by atoms with E-state index in [1.807, 2.05) is 11.8 Å². The number of aromatic nitrogens is 1. The fraction of sp³-hybridized carbons (Fsp3) is 0.577. The molecular weight excluding hydrogens is 400 g/mol. The Morgan fingerprint density at radius 3 is 2.41 bits per heavy atom. The van der Waals surface area contributed by atoms with Gasteiger partial charge in [-0.25, -0.2) is 4.98 Å². The molecule has 0 saturated carbocycles. The summed E-state index contributed by atoms with van der Waals surface area (Å²) in [7, 11) is 0. The van der Waals surface area contributed by atoms with Gasteiger partial charge in [0.05, 0.1) is 6.54 Å². The minimum absolute atomic E-state index is 0.0676. The van der Waals surface area contributed by atoms with E-state index in [0.717, 1.165) is 48.9 Å². The minimum Gasteiger partial charge on any atom is -0.348 e. The molecular formula is C26H36N4O2. The Labute approximate surface area is 192 Å². The zero-order valence-corrected chi connectivity index (χ0v) is 19.7. The highest BCUT2D eigenvalue weighted by Crippen LogP contribution is 2.24. The van der Waals surface area contributed by atoms with E-state index >= 15 is 0 Å². The van der Waals surface area contributed by atoms with E-state index in [1.54, 1.807) is 18.3 Å². The van der Waals surface area contributed by atoms with E-state index in [-0.39, 0.29) is 17.9 Å². The molecule has 0 bridgehead atoms. The Hall–Kier alpha value is -2.65. The van der Waals surface area contributed by atoms with E-state index < -0.39 is 0 Å². The lowest BCUT2D eigenvalue weighted by molar-refractivity contribution is -0.133. The molecule has 2 amide bonds. The molecule has 172 valence electrons. The van der Waals surface area contributed by atoms with Gasteiger partial charge in [-0.05, 0) is 75.2 Å². The molecule has 0 radical (unpaired) electrons. The second-order valence-electron chi connectivity index (χ2n) is 9.45. The highest BCUT2D eigenvalue weighted by Gasteiger charge is 2.27. The van der Waals surface area contributed by atoms with Crippen LogP contribution in [0, 0.1) is 23.7 Å². The summed E-state index contributed by atoms with van der Waals surface area (Å²) in [4.78, 5) is 33.7. The second-order valence-corrected chi connectivity index (χ2v) is 9.45. The molecule has 32 heavy (non-hydrogen) atoms. The molecule has 3 rings (SSSR count). The minimum atomic E-state index is -0.179. The van der Waals surface area contributed by atoms with Gasteiger partial charge in [0.25, 0.3) is 5.91 Å². The first-order valence-corrected chi connectivity index (χ1v) is 11.8. The van der Waals surface area contributed by atoms with Crippen LogP contribution >= 0.6 is 0 Å². The highest BCUT2D eigenvalue weighted by molar-refractivity contribution is 5.92. The number of piperidine rings is 2. The number of nitrogens with zero attached hydrogens (tertiary/aromatic N) is 3. The predicted octanol–water partition coefficient (Wildman–Crippen LogP) is 3.10. The van der Waals surface area contributed by atoms with E-state index in [2.05, 4.69) is 47.5 Å². The fourth-order valence-electron chi connectivity index (χ4n) is 4.38. The maximum Gasteiger partial charge on any atom is 0.270 e. The first kappa shape index (κ1) is 24.0. The molecule has 0 unspecified atom stereocenters. The number of carbonyl (C=O) groups is 2. The van der Waals surface area contributed by atoms with Crippen molar-refractivity contribution >= 4 is 11.8 Å². The first-order valence-electron chi connectivity index (χ1n) is 11.8. The molecule has 1 aromatic rings. The Morgan fingerprint density at radius 2 is 1.84 bits per heavy atom. The van der Waals surface area contributed by atoms with Crippen LogP contribution in [0.2, 0.25) is 0 Å². The van der Waals surface area contributed by atoms with Crippen LogP contribution in [0.5, 0.6) is 0 Å². The number of carbonyl (C=O) groups excluding carboxylic acids is 2. The fourth-order valence-corrected chi connectivity index (χ4v) is 4.38. The average Bonchev–Trinajstić information content (AvgIpc) is 2.78. The molecule has 0 aliphatic carbocycles. The van der Waals surface area contributed by atoms with Crippen LogP contribution in [0.1, 0.15) is 62.5 Å². The van der Waals surface area contributed by atoms with Crippen molar-refractivity contribution in [3.63, 3.8) is 0 Å². The van der Waals surface area contributed by atoms with Crippen molar-refractivity contribution in [3.05, 3.63) is 41.7 Å². The van der Waals surface area contributed by atoms with Crippen LogP contribution in [0.4, 0.5) is 0 Å². The Kier molecular flexibility index (Phi) is 8.46. The summed E-state index contributed by atoms with van der Waals surface area (Å²) in [6.07, 6.45) is 5.53. The lowest BCUT2D eigenvalue weighted by Crippen LogP contribution is -2.50. The standard InChI is InChI=1S/C26H36N4O2/c1-19(2)5-6-21-7-8-24(27-17-21)26(32)28-23-11-15-30(16-12-23)25(31)18-29-13-9-22(10-14-29)20(3)4/h7-8,17,20,22-23H,1,9-16,18H2,2-4H3,(H,28,32). The maximum atomic E-state index is 12.7. The van der Waals surface area contributed by atoms with E-state index in [4.69, 9.17) is 0 Å². The third-order valence-electron chi connectivity index (χ3n) is 6.53. The van der Waals surface area contributed by atoms with Crippen molar-refractivity contribution in [1.29, 1.82) is 0 Å². The van der Waals surface area contributed by atoms with Crippen molar-refractivity contribution < 1.29 is 9.59 Å². The summed E-state index contributed by atoms with van der Waals surface area (Å²) in [6, 6.07) is 3.56. The molecule has 3 heterocycles. The van der Waals surface area contributed by atoms with Crippen LogP contribution in [-0.2, 0) is 4.79 Å². The van der Waals surface area contributed by atoms with Gasteiger partial charge in [0, 0.05) is 30.9 Å². The highest BCUT2D eigenvalue weighted by atomic mass is 16.2. The summed E-state index contributed by atoms with van der Waals surface area (Å²) < 4.78 is 0. The molecule has 6 heteroatoms. The van der Waals surface area contributed by atoms with Gasteiger partial charge in [-0.3, -0.25) is 14.5 Å². The van der Waals surface area contributed by atoms with Gasteiger partial charge in [-0.1, -0.05) is 32.3 Å². The first-order chi connectivity index (χ1) is 15.3. The molecule has 2 fully saturated rings. The largest absolute Gasteiger partial charge is 0.348 e. The number of likely N-dealkylation sites (tertiary alicyclic amines) is 2. The average molecular weight is 437 g/mol. The molecule has 1 N–H and O–H groups in total. The molecule has 2 saturated heterocycles. The summed E-state index contributed by atoms with van der Waals surface area (Å²) in [6.45, 7) is 14.1. The molecule has 0 aromatic carbocycles. The van der Waals surface area contributed by atoms with Crippen molar-refractivity contribution in [3.8, 4) is 11.8 Å². The Bertz CT molecular complexity index is 865. The predicted molar refractivity (Wildman–Crippen MR) is 127 cm³/mol. The zero-order valence-electron chi connectivity index (χ0n) is 19.7. The number of amides is 2. The van der Waals surface area contributed by atoms with Crippen LogP contribution in [0.25, 0.3) is 0 Å². The van der Waals surface area contributed by atoms with Gasteiger partial charge < -0.3 is 10.2 Å². The van der Waals surface area contributed by atoms with Crippen molar-refractivity contribution in [2.45, 2.75) is 52.5 Å². The SMILES string of the molecule is C=C(C)C#Cc1ccc(C(=O)NC2CCN(C(=O)CN3CCC(C(C)C)CC3)CC2)nc1. The lowest BCUT2D eigenvalue weighted by Gasteiger charge is -2.36. The monoisotopic (exact) mass is 436 g/mol. The van der Waals surface area contributed by atoms with Gasteiger partial charge in [-0.15, -0.1) is 0 Å². The van der Waals surface area contributed by atoms with E-state index in [1.165, 1.54) is 12.8 Å². The lowest BCUT2D eigenvalue weighted by atomic mass is 9.87. The van der Waals surface area contributed by atoms with Crippen LogP contribution in [0.15, 0.2) is 30.5 Å². The zero-order chi connectivity index (χ0) is 23.1. The van der Waals surface area contributed by atoms with Crippen LogP contribution < -0.4 is 5.32 Å². The normalized spacial score (nSPS) is 18.2. The molecule has 2 aliphatic heterocycles. The quantitative estimate of drug-likeness (QED) is 0.721. The third kappa shape index (κ3) is 6.93. The van der Waals surface area contributed by atoms with Crippen molar-refractivity contribution in [2.24, 2.45) is 11.8 Å². The summed E-state index contributed by atoms with van der Waals surface area (Å²) in [5.41, 5.74) is 1.92. The number of rotatable bonds is 5. The van der Waals surface area contributed by atoms with Gasteiger partial charge >= 0.3 is 0 Å². The molecule has 2 aliphatic rings. The number of hydrogen-bond acceptors (Lipinski definition) is 4. The smallest absolute Gasteiger partial charge is 0.270 e. The van der Waals surface area contributed by atoms with Crippen LogP contribution in [-0.4, -0.2) is 65.4 Å². The summed E-state index contributed by atoms with van der Waals surface area (Å²) in [5, 5.41) is 3.06. The number of hydrogen-bond donors (Lipinski definition) is 1.